The van der Waals surface area contributed by atoms with E-state index in [9.17, 15) is 4.79 Å². The van der Waals surface area contributed by atoms with E-state index in [1.807, 2.05) is 11.1 Å². The summed E-state index contributed by atoms with van der Waals surface area (Å²) in [6.45, 7) is 2.72. The number of hydrogen-bond donors (Lipinski definition) is 2. The van der Waals surface area contributed by atoms with Crippen LogP contribution in [0.15, 0.2) is 12.4 Å². The number of likely N-dealkylation sites (tertiary alicyclic amines) is 1. The summed E-state index contributed by atoms with van der Waals surface area (Å²) in [5, 5.41) is 3.58. The van der Waals surface area contributed by atoms with Crippen molar-refractivity contribution in [2.45, 2.75) is 31.7 Å². The Kier molecular flexibility index (Phi) is 5.40. The van der Waals surface area contributed by atoms with Crippen LogP contribution in [0.25, 0.3) is 0 Å². The van der Waals surface area contributed by atoms with Crippen molar-refractivity contribution in [2.24, 2.45) is 0 Å². The van der Waals surface area contributed by atoms with Gasteiger partial charge in [0.1, 0.15) is 5.82 Å². The van der Waals surface area contributed by atoms with Gasteiger partial charge in [-0.15, -0.1) is 0 Å². The highest BCUT2D eigenvalue weighted by atomic mass is 16.2. The van der Waals surface area contributed by atoms with E-state index in [1.165, 1.54) is 0 Å². The predicted octanol–water partition coefficient (Wildman–Crippen LogP) is 1.08. The molecule has 6 heteroatoms. The van der Waals surface area contributed by atoms with Crippen LogP contribution in [-0.4, -0.2) is 65.6 Å². The molecule has 1 saturated heterocycles. The third-order valence-corrected chi connectivity index (χ3v) is 3.73. The Balaban J connectivity index is 1.59. The molecule has 0 unspecified atom stereocenters. The Morgan fingerprint density at radius 3 is 2.85 bits per heavy atom. The number of carbonyl (C=O) groups is 1. The van der Waals surface area contributed by atoms with Crippen LogP contribution in [0.5, 0.6) is 0 Å². The largest absolute Gasteiger partial charge is 0.349 e. The molecule has 6 nitrogen and oxygen atoms in total. The number of nitrogens with one attached hydrogen (secondary N) is 2. The number of rotatable bonds is 5. The minimum atomic E-state index is 0.126. The molecule has 112 valence electrons. The number of amides is 2. The summed E-state index contributed by atoms with van der Waals surface area (Å²) in [6, 6.07) is 0.666. The van der Waals surface area contributed by atoms with Crippen molar-refractivity contribution in [1.29, 1.82) is 0 Å². The molecule has 1 aliphatic rings. The van der Waals surface area contributed by atoms with Crippen molar-refractivity contribution in [1.82, 2.24) is 25.1 Å². The lowest BCUT2D eigenvalue weighted by molar-refractivity contribution is 0.152. The number of aryl methyl sites for hydroxylation is 1. The summed E-state index contributed by atoms with van der Waals surface area (Å²) >= 11 is 0. The fraction of sp³-hybridized carbons (Fsp3) is 0.714. The minimum absolute atomic E-state index is 0.126. The summed E-state index contributed by atoms with van der Waals surface area (Å²) in [5.74, 6) is 1.05. The predicted molar refractivity (Wildman–Crippen MR) is 78.6 cm³/mol. The van der Waals surface area contributed by atoms with E-state index >= 15 is 0 Å². The third kappa shape index (κ3) is 4.23. The molecular formula is C14H25N5O. The number of aromatic amines is 1. The highest BCUT2D eigenvalue weighted by Gasteiger charge is 2.23. The van der Waals surface area contributed by atoms with Crippen molar-refractivity contribution in [2.75, 3.05) is 33.7 Å². The summed E-state index contributed by atoms with van der Waals surface area (Å²) < 4.78 is 0. The first-order valence-corrected chi connectivity index (χ1v) is 7.34. The maximum absolute atomic E-state index is 11.8. The maximum atomic E-state index is 11.8. The highest BCUT2D eigenvalue weighted by Crippen LogP contribution is 2.11. The Labute approximate surface area is 120 Å². The van der Waals surface area contributed by atoms with E-state index in [4.69, 9.17) is 0 Å². The number of H-pyrrole nitrogens is 1. The smallest absolute Gasteiger partial charge is 0.319 e. The number of hydrogen-bond acceptors (Lipinski definition) is 3. The molecule has 0 bridgehead atoms. The van der Waals surface area contributed by atoms with Gasteiger partial charge in [-0.2, -0.15) is 0 Å². The van der Waals surface area contributed by atoms with E-state index in [0.29, 0.717) is 6.04 Å². The normalized spacial score (nSPS) is 16.4. The van der Waals surface area contributed by atoms with Crippen LogP contribution in [0.4, 0.5) is 4.79 Å². The molecule has 1 aromatic rings. The first-order valence-electron chi connectivity index (χ1n) is 7.34. The molecule has 1 aliphatic heterocycles. The van der Waals surface area contributed by atoms with Gasteiger partial charge < -0.3 is 20.1 Å². The Hall–Kier alpha value is -1.56. The van der Waals surface area contributed by atoms with Gasteiger partial charge in [0.15, 0.2) is 0 Å². The fourth-order valence-corrected chi connectivity index (χ4v) is 2.55. The van der Waals surface area contributed by atoms with Gasteiger partial charge in [0.05, 0.1) is 0 Å². The van der Waals surface area contributed by atoms with Gasteiger partial charge in [-0.05, 0) is 25.8 Å². The molecule has 2 amide bonds. The van der Waals surface area contributed by atoms with E-state index in [2.05, 4.69) is 15.3 Å². The van der Waals surface area contributed by atoms with Gasteiger partial charge in [0.2, 0.25) is 0 Å². The first kappa shape index (κ1) is 14.8. The monoisotopic (exact) mass is 279 g/mol. The highest BCUT2D eigenvalue weighted by molar-refractivity contribution is 5.73. The molecule has 0 atom stereocenters. The number of carbonyl (C=O) groups excluding carboxylic acids is 1. The van der Waals surface area contributed by atoms with Crippen LogP contribution in [0, 0.1) is 0 Å². The molecule has 0 spiro atoms. The Morgan fingerprint density at radius 2 is 2.25 bits per heavy atom. The third-order valence-electron chi connectivity index (χ3n) is 3.73. The van der Waals surface area contributed by atoms with Gasteiger partial charge >= 0.3 is 6.03 Å². The summed E-state index contributed by atoms with van der Waals surface area (Å²) in [7, 11) is 3.61. The average Bonchev–Trinajstić information content (AvgIpc) is 2.96. The van der Waals surface area contributed by atoms with Crippen molar-refractivity contribution < 1.29 is 4.79 Å². The van der Waals surface area contributed by atoms with Crippen molar-refractivity contribution in [3.05, 3.63) is 18.2 Å². The second-order valence-electron chi connectivity index (χ2n) is 5.53. The van der Waals surface area contributed by atoms with Gasteiger partial charge in [-0.3, -0.25) is 0 Å². The van der Waals surface area contributed by atoms with Crippen molar-refractivity contribution in [3.8, 4) is 0 Å². The SMILES string of the molecule is CN(C)C(=O)N1CCC(NCCCc2ncc[nH]2)CC1. The van der Waals surface area contributed by atoms with Gasteiger partial charge in [-0.25, -0.2) is 9.78 Å². The van der Waals surface area contributed by atoms with Crippen LogP contribution in [-0.2, 0) is 6.42 Å². The zero-order valence-corrected chi connectivity index (χ0v) is 12.4. The number of aromatic nitrogens is 2. The number of piperidine rings is 1. The number of urea groups is 1. The molecule has 2 N–H and O–H groups in total. The second-order valence-corrected chi connectivity index (χ2v) is 5.53. The molecule has 1 aromatic heterocycles. The van der Waals surface area contributed by atoms with Crippen LogP contribution < -0.4 is 5.32 Å². The molecular weight excluding hydrogens is 254 g/mol. The van der Waals surface area contributed by atoms with Gasteiger partial charge in [-0.1, -0.05) is 0 Å². The van der Waals surface area contributed by atoms with Gasteiger partial charge in [0, 0.05) is 52.0 Å². The molecule has 0 aromatic carbocycles. The van der Waals surface area contributed by atoms with E-state index in [1.54, 1.807) is 25.2 Å². The molecule has 20 heavy (non-hydrogen) atoms. The lowest BCUT2D eigenvalue weighted by atomic mass is 10.1. The standard InChI is InChI=1S/C14H25N5O/c1-18(2)14(20)19-10-5-12(6-11-19)15-7-3-4-13-16-8-9-17-13/h8-9,12,15H,3-7,10-11H2,1-2H3,(H,16,17). The van der Waals surface area contributed by atoms with Crippen LogP contribution in [0.1, 0.15) is 25.1 Å². The van der Waals surface area contributed by atoms with Crippen LogP contribution in [0.2, 0.25) is 0 Å². The second kappa shape index (κ2) is 7.28. The fourth-order valence-electron chi connectivity index (χ4n) is 2.55. The first-order chi connectivity index (χ1) is 9.66. The molecule has 0 saturated carbocycles. The topological polar surface area (TPSA) is 64.3 Å². The van der Waals surface area contributed by atoms with Crippen LogP contribution in [0.3, 0.4) is 0 Å². The molecule has 0 aliphatic carbocycles. The van der Waals surface area contributed by atoms with Crippen LogP contribution >= 0.6 is 0 Å². The van der Waals surface area contributed by atoms with Gasteiger partial charge in [0.25, 0.3) is 0 Å². The Bertz CT molecular complexity index is 396. The zero-order valence-electron chi connectivity index (χ0n) is 12.4. The maximum Gasteiger partial charge on any atom is 0.319 e. The average molecular weight is 279 g/mol. The summed E-state index contributed by atoms with van der Waals surface area (Å²) in [6.07, 6.45) is 7.81. The minimum Gasteiger partial charge on any atom is -0.349 e. The van der Waals surface area contributed by atoms with E-state index in [0.717, 1.165) is 51.1 Å². The van der Waals surface area contributed by atoms with E-state index < -0.39 is 0 Å². The lowest BCUT2D eigenvalue weighted by Gasteiger charge is -2.34. The summed E-state index contributed by atoms with van der Waals surface area (Å²) in [5.41, 5.74) is 0. The molecule has 2 heterocycles. The number of imidazole rings is 1. The van der Waals surface area contributed by atoms with Crippen molar-refractivity contribution in [3.63, 3.8) is 0 Å². The quantitative estimate of drug-likeness (QED) is 0.793. The van der Waals surface area contributed by atoms with Crippen molar-refractivity contribution >= 4 is 6.03 Å². The lowest BCUT2D eigenvalue weighted by Crippen LogP contribution is -2.48. The Morgan fingerprint density at radius 1 is 1.50 bits per heavy atom. The zero-order chi connectivity index (χ0) is 14.4. The summed E-state index contributed by atoms with van der Waals surface area (Å²) in [4.78, 5) is 22.7. The van der Waals surface area contributed by atoms with E-state index in [-0.39, 0.29) is 6.03 Å². The number of nitrogens with zero attached hydrogens (tertiary/aromatic N) is 3. The molecule has 2 rings (SSSR count). The molecule has 0 radical (unpaired) electrons. The molecule has 1 fully saturated rings.